The summed E-state index contributed by atoms with van der Waals surface area (Å²) in [4.78, 5) is 9.44. The summed E-state index contributed by atoms with van der Waals surface area (Å²) in [5.74, 6) is 1.92. The van der Waals surface area contributed by atoms with Crippen LogP contribution < -0.4 is 0 Å². The Morgan fingerprint density at radius 1 is 0.912 bits per heavy atom. The zero-order chi connectivity index (χ0) is 22.9. The standard InChI is InChI=1S/C28H32N4O2/c33-30-27-6-4-21-17-22(3-5-25(21)27)28-26(20-7-11-29-12-8-20)18-24(34-28)19-31-15-9-23(10-16-31)32-13-1-2-14-32/h3,5,7-8,11-12,17-18,23,33H,1-2,4,6,9-10,13-16,19H2/b30-27+. The van der Waals surface area contributed by atoms with Gasteiger partial charge in [-0.1, -0.05) is 17.3 Å². The number of aryl methyl sites for hydroxylation is 1. The second-order valence-electron chi connectivity index (χ2n) is 9.86. The molecule has 2 aliphatic heterocycles. The Kier molecular flexibility index (Phi) is 5.93. The van der Waals surface area contributed by atoms with Crippen molar-refractivity contribution in [2.45, 2.75) is 51.1 Å². The first-order valence-corrected chi connectivity index (χ1v) is 12.6. The highest BCUT2D eigenvalue weighted by molar-refractivity contribution is 6.04. The zero-order valence-corrected chi connectivity index (χ0v) is 19.6. The van der Waals surface area contributed by atoms with E-state index in [1.807, 2.05) is 24.5 Å². The topological polar surface area (TPSA) is 65.1 Å². The first-order chi connectivity index (χ1) is 16.8. The zero-order valence-electron chi connectivity index (χ0n) is 19.6. The van der Waals surface area contributed by atoms with Crippen molar-refractivity contribution in [3.63, 3.8) is 0 Å². The first kappa shape index (κ1) is 21.6. The summed E-state index contributed by atoms with van der Waals surface area (Å²) in [6, 6.07) is 13.4. The SMILES string of the molecule is O/N=C1\CCc2cc(-c3oc(CN4CCC(N5CCCC5)CC4)cc3-c3ccncc3)ccc21. The highest BCUT2D eigenvalue weighted by Gasteiger charge is 2.27. The molecule has 0 bridgehead atoms. The quantitative estimate of drug-likeness (QED) is 0.423. The average molecular weight is 457 g/mol. The lowest BCUT2D eigenvalue weighted by atomic mass is 9.99. The number of rotatable bonds is 5. The number of aromatic nitrogens is 1. The number of piperidine rings is 1. The highest BCUT2D eigenvalue weighted by atomic mass is 16.4. The lowest BCUT2D eigenvalue weighted by Gasteiger charge is -2.36. The molecule has 0 spiro atoms. The third-order valence-electron chi connectivity index (χ3n) is 7.80. The second kappa shape index (κ2) is 9.35. The Balaban J connectivity index is 1.26. The fourth-order valence-electron chi connectivity index (χ4n) is 5.96. The van der Waals surface area contributed by atoms with Crippen LogP contribution in [-0.4, -0.2) is 57.9 Å². The van der Waals surface area contributed by atoms with Gasteiger partial charge in [-0.2, -0.15) is 0 Å². The maximum atomic E-state index is 9.29. The molecule has 3 aromatic rings. The van der Waals surface area contributed by atoms with Gasteiger partial charge in [-0.05, 0) is 87.0 Å². The van der Waals surface area contributed by atoms with Gasteiger partial charge in [-0.15, -0.1) is 0 Å². The van der Waals surface area contributed by atoms with E-state index in [1.165, 1.54) is 44.3 Å². The molecule has 0 amide bonds. The lowest BCUT2D eigenvalue weighted by molar-refractivity contribution is 0.118. The fourth-order valence-corrected chi connectivity index (χ4v) is 5.96. The van der Waals surface area contributed by atoms with Crippen molar-refractivity contribution in [1.82, 2.24) is 14.8 Å². The van der Waals surface area contributed by atoms with Crippen molar-refractivity contribution >= 4 is 5.71 Å². The molecule has 1 aliphatic carbocycles. The summed E-state index contributed by atoms with van der Waals surface area (Å²) in [5, 5.41) is 12.8. The number of nitrogens with zero attached hydrogens (tertiary/aromatic N) is 4. The molecule has 2 saturated heterocycles. The van der Waals surface area contributed by atoms with Crippen LogP contribution in [0.3, 0.4) is 0 Å². The van der Waals surface area contributed by atoms with E-state index in [1.54, 1.807) is 0 Å². The van der Waals surface area contributed by atoms with Crippen LogP contribution in [0.4, 0.5) is 0 Å². The van der Waals surface area contributed by atoms with Crippen molar-refractivity contribution in [2.75, 3.05) is 26.2 Å². The summed E-state index contributed by atoms with van der Waals surface area (Å²) in [6.07, 6.45) is 10.6. The van der Waals surface area contributed by atoms with Crippen LogP contribution in [0.25, 0.3) is 22.5 Å². The van der Waals surface area contributed by atoms with Crippen LogP contribution in [0.1, 0.15) is 49.0 Å². The minimum atomic E-state index is 0.761. The Hall–Kier alpha value is -2.96. The third kappa shape index (κ3) is 4.17. The molecule has 6 nitrogen and oxygen atoms in total. The molecule has 176 valence electrons. The number of oxime groups is 1. The number of likely N-dealkylation sites (tertiary alicyclic amines) is 2. The Labute approximate surface area is 200 Å². The molecule has 6 rings (SSSR count). The molecule has 2 aromatic heterocycles. The van der Waals surface area contributed by atoms with E-state index in [0.29, 0.717) is 0 Å². The predicted octanol–water partition coefficient (Wildman–Crippen LogP) is 5.19. The van der Waals surface area contributed by atoms with Crippen molar-refractivity contribution in [3.05, 3.63) is 65.7 Å². The molecule has 0 saturated carbocycles. The smallest absolute Gasteiger partial charge is 0.142 e. The van der Waals surface area contributed by atoms with Gasteiger partial charge in [0.2, 0.25) is 0 Å². The number of hydrogen-bond donors (Lipinski definition) is 1. The maximum Gasteiger partial charge on any atom is 0.142 e. The second-order valence-corrected chi connectivity index (χ2v) is 9.86. The molecular weight excluding hydrogens is 424 g/mol. The van der Waals surface area contributed by atoms with E-state index in [9.17, 15) is 5.21 Å². The molecule has 3 aliphatic rings. The van der Waals surface area contributed by atoms with Gasteiger partial charge >= 0.3 is 0 Å². The van der Waals surface area contributed by atoms with E-state index in [0.717, 1.165) is 78.0 Å². The number of hydrogen-bond acceptors (Lipinski definition) is 6. The third-order valence-corrected chi connectivity index (χ3v) is 7.80. The Bertz CT molecular complexity index is 1170. The van der Waals surface area contributed by atoms with Crippen LogP contribution in [0, 0.1) is 0 Å². The van der Waals surface area contributed by atoms with Crippen LogP contribution in [0.2, 0.25) is 0 Å². The molecular formula is C28H32N4O2. The molecule has 2 fully saturated rings. The van der Waals surface area contributed by atoms with Crippen LogP contribution in [0.5, 0.6) is 0 Å². The van der Waals surface area contributed by atoms with Crippen molar-refractivity contribution in [2.24, 2.45) is 5.16 Å². The summed E-state index contributed by atoms with van der Waals surface area (Å²) < 4.78 is 6.55. The van der Waals surface area contributed by atoms with Gasteiger partial charge < -0.3 is 14.5 Å². The van der Waals surface area contributed by atoms with Gasteiger partial charge in [0, 0.05) is 48.2 Å². The number of benzene rings is 1. The summed E-state index contributed by atoms with van der Waals surface area (Å²) in [7, 11) is 0. The molecule has 6 heteroatoms. The summed E-state index contributed by atoms with van der Waals surface area (Å²) in [6.45, 7) is 5.67. The molecule has 4 heterocycles. The Morgan fingerprint density at radius 2 is 1.71 bits per heavy atom. The largest absolute Gasteiger partial charge is 0.459 e. The van der Waals surface area contributed by atoms with E-state index >= 15 is 0 Å². The van der Waals surface area contributed by atoms with Crippen molar-refractivity contribution < 1.29 is 9.62 Å². The first-order valence-electron chi connectivity index (χ1n) is 12.6. The fraction of sp³-hybridized carbons (Fsp3) is 0.429. The van der Waals surface area contributed by atoms with Crippen LogP contribution >= 0.6 is 0 Å². The predicted molar refractivity (Wildman–Crippen MR) is 133 cm³/mol. The minimum absolute atomic E-state index is 0.761. The molecule has 0 atom stereocenters. The summed E-state index contributed by atoms with van der Waals surface area (Å²) in [5.41, 5.74) is 6.33. The van der Waals surface area contributed by atoms with Gasteiger partial charge in [0.15, 0.2) is 0 Å². The normalized spacial score (nSPS) is 20.9. The van der Waals surface area contributed by atoms with Gasteiger partial charge in [-0.3, -0.25) is 9.88 Å². The van der Waals surface area contributed by atoms with Gasteiger partial charge in [0.25, 0.3) is 0 Å². The number of fused-ring (bicyclic) bond motifs is 1. The highest BCUT2D eigenvalue weighted by Crippen LogP contribution is 2.38. The molecule has 1 aromatic carbocycles. The molecule has 1 N–H and O–H groups in total. The van der Waals surface area contributed by atoms with E-state index in [4.69, 9.17) is 4.42 Å². The van der Waals surface area contributed by atoms with E-state index < -0.39 is 0 Å². The Morgan fingerprint density at radius 3 is 2.47 bits per heavy atom. The van der Waals surface area contributed by atoms with Crippen molar-refractivity contribution in [3.8, 4) is 22.5 Å². The lowest BCUT2D eigenvalue weighted by Crippen LogP contribution is -2.43. The minimum Gasteiger partial charge on any atom is -0.459 e. The van der Waals surface area contributed by atoms with Crippen LogP contribution in [-0.2, 0) is 13.0 Å². The monoisotopic (exact) mass is 456 g/mol. The maximum absolute atomic E-state index is 9.29. The average Bonchev–Trinajstić information content (AvgIpc) is 3.64. The number of furan rings is 1. The molecule has 0 radical (unpaired) electrons. The van der Waals surface area contributed by atoms with Crippen molar-refractivity contribution in [1.29, 1.82) is 0 Å². The summed E-state index contributed by atoms with van der Waals surface area (Å²) >= 11 is 0. The van der Waals surface area contributed by atoms with Gasteiger partial charge in [-0.25, -0.2) is 0 Å². The van der Waals surface area contributed by atoms with E-state index in [-0.39, 0.29) is 0 Å². The van der Waals surface area contributed by atoms with E-state index in [2.05, 4.69) is 44.2 Å². The van der Waals surface area contributed by atoms with Gasteiger partial charge in [0.1, 0.15) is 11.5 Å². The van der Waals surface area contributed by atoms with Gasteiger partial charge in [0.05, 0.1) is 12.3 Å². The number of pyridine rings is 1. The van der Waals surface area contributed by atoms with Crippen LogP contribution in [0.15, 0.2) is 58.4 Å². The molecule has 34 heavy (non-hydrogen) atoms. The molecule has 0 unspecified atom stereocenters.